The summed E-state index contributed by atoms with van der Waals surface area (Å²) in [6.45, 7) is 0.164. The fraction of sp³-hybridized carbons (Fsp3) is 0.300. The van der Waals surface area contributed by atoms with Crippen LogP contribution < -0.4 is 9.47 Å². The van der Waals surface area contributed by atoms with Crippen molar-refractivity contribution in [2.24, 2.45) is 0 Å². The van der Waals surface area contributed by atoms with Gasteiger partial charge in [-0.15, -0.1) is 0 Å². The Morgan fingerprint density at radius 1 is 1.47 bits per heavy atom. The van der Waals surface area contributed by atoms with Crippen molar-refractivity contribution < 1.29 is 19.4 Å². The maximum Gasteiger partial charge on any atom is 0.303 e. The van der Waals surface area contributed by atoms with Gasteiger partial charge in [0.2, 0.25) is 6.79 Å². The van der Waals surface area contributed by atoms with Gasteiger partial charge in [0.15, 0.2) is 11.5 Å². The van der Waals surface area contributed by atoms with Crippen LogP contribution in [0.5, 0.6) is 11.5 Å². The van der Waals surface area contributed by atoms with Gasteiger partial charge in [0, 0.05) is 6.42 Å². The second-order valence-electron chi connectivity index (χ2n) is 3.17. The molecule has 4 nitrogen and oxygen atoms in total. The van der Waals surface area contributed by atoms with Crippen LogP contribution in [0.15, 0.2) is 12.1 Å². The third kappa shape index (κ3) is 1.99. The van der Waals surface area contributed by atoms with Crippen molar-refractivity contribution in [1.82, 2.24) is 0 Å². The number of benzene rings is 1. The topological polar surface area (TPSA) is 55.8 Å². The van der Waals surface area contributed by atoms with E-state index in [0.29, 0.717) is 22.9 Å². The summed E-state index contributed by atoms with van der Waals surface area (Å²) < 4.78 is 10.3. The second kappa shape index (κ2) is 3.98. The SMILES string of the molecule is O=C(O)CCc1ccc2c(c1Cl)OCO2. The molecular formula is C10H9ClO4. The van der Waals surface area contributed by atoms with Crippen LogP contribution in [0.3, 0.4) is 0 Å². The quantitative estimate of drug-likeness (QED) is 0.861. The van der Waals surface area contributed by atoms with Crippen LogP contribution in [0.1, 0.15) is 12.0 Å². The molecule has 0 amide bonds. The number of carboxylic acids is 1. The molecule has 0 bridgehead atoms. The normalized spacial score (nSPS) is 12.9. The first-order chi connectivity index (χ1) is 7.18. The molecule has 0 fully saturated rings. The van der Waals surface area contributed by atoms with Gasteiger partial charge in [-0.3, -0.25) is 4.79 Å². The largest absolute Gasteiger partial charge is 0.481 e. The molecule has 1 aliphatic heterocycles. The Morgan fingerprint density at radius 3 is 3.00 bits per heavy atom. The molecule has 0 atom stereocenters. The highest BCUT2D eigenvalue weighted by Crippen LogP contribution is 2.41. The summed E-state index contributed by atoms with van der Waals surface area (Å²) in [6.07, 6.45) is 0.449. The lowest BCUT2D eigenvalue weighted by atomic mass is 10.1. The Labute approximate surface area is 91.4 Å². The molecule has 80 valence electrons. The first-order valence-corrected chi connectivity index (χ1v) is 4.85. The predicted molar refractivity (Wildman–Crippen MR) is 53.5 cm³/mol. The molecule has 2 rings (SSSR count). The molecule has 1 heterocycles. The Bertz CT molecular complexity index is 403. The van der Waals surface area contributed by atoms with E-state index in [4.69, 9.17) is 26.2 Å². The van der Waals surface area contributed by atoms with Crippen molar-refractivity contribution >= 4 is 17.6 Å². The molecule has 0 saturated heterocycles. The van der Waals surface area contributed by atoms with E-state index >= 15 is 0 Å². The molecule has 0 aromatic heterocycles. The van der Waals surface area contributed by atoms with E-state index in [2.05, 4.69) is 0 Å². The molecule has 15 heavy (non-hydrogen) atoms. The number of aryl methyl sites for hydroxylation is 1. The van der Waals surface area contributed by atoms with Crippen LogP contribution in [0, 0.1) is 0 Å². The third-order valence-corrected chi connectivity index (χ3v) is 2.58. The van der Waals surface area contributed by atoms with Gasteiger partial charge in [-0.1, -0.05) is 17.7 Å². The molecule has 0 unspecified atom stereocenters. The fourth-order valence-corrected chi connectivity index (χ4v) is 1.72. The minimum Gasteiger partial charge on any atom is -0.481 e. The van der Waals surface area contributed by atoms with E-state index in [0.717, 1.165) is 5.56 Å². The zero-order chi connectivity index (χ0) is 10.8. The van der Waals surface area contributed by atoms with Crippen molar-refractivity contribution in [3.63, 3.8) is 0 Å². The van der Waals surface area contributed by atoms with Crippen molar-refractivity contribution in [3.05, 3.63) is 22.7 Å². The maximum atomic E-state index is 10.4. The summed E-state index contributed by atoms with van der Waals surface area (Å²) in [5.74, 6) is 0.280. The van der Waals surface area contributed by atoms with Crippen LogP contribution in [0.4, 0.5) is 0 Å². The summed E-state index contributed by atoms with van der Waals surface area (Å²) in [7, 11) is 0. The molecule has 1 N–H and O–H groups in total. The molecule has 0 aliphatic carbocycles. The van der Waals surface area contributed by atoms with E-state index in [1.807, 2.05) is 0 Å². The zero-order valence-electron chi connectivity index (χ0n) is 7.83. The molecule has 0 saturated carbocycles. The lowest BCUT2D eigenvalue weighted by Gasteiger charge is -2.05. The van der Waals surface area contributed by atoms with Crippen LogP contribution in [-0.2, 0) is 11.2 Å². The first-order valence-electron chi connectivity index (χ1n) is 4.47. The van der Waals surface area contributed by atoms with Crippen LogP contribution in [0.2, 0.25) is 5.02 Å². The third-order valence-electron chi connectivity index (χ3n) is 2.17. The van der Waals surface area contributed by atoms with E-state index < -0.39 is 5.97 Å². The van der Waals surface area contributed by atoms with Crippen LogP contribution >= 0.6 is 11.6 Å². The smallest absolute Gasteiger partial charge is 0.303 e. The Hall–Kier alpha value is -1.42. The van der Waals surface area contributed by atoms with E-state index in [1.165, 1.54) is 0 Å². The van der Waals surface area contributed by atoms with Crippen LogP contribution in [0.25, 0.3) is 0 Å². The molecule has 1 aromatic carbocycles. The van der Waals surface area contributed by atoms with E-state index in [1.54, 1.807) is 12.1 Å². The average Bonchev–Trinajstić information content (AvgIpc) is 2.65. The van der Waals surface area contributed by atoms with Gasteiger partial charge in [0.25, 0.3) is 0 Å². The van der Waals surface area contributed by atoms with Gasteiger partial charge in [0.05, 0.1) is 5.02 Å². The molecule has 1 aromatic rings. The average molecular weight is 229 g/mol. The lowest BCUT2D eigenvalue weighted by molar-refractivity contribution is -0.136. The number of aliphatic carboxylic acids is 1. The number of halogens is 1. The lowest BCUT2D eigenvalue weighted by Crippen LogP contribution is -1.98. The van der Waals surface area contributed by atoms with Crippen molar-refractivity contribution in [2.75, 3.05) is 6.79 Å². The van der Waals surface area contributed by atoms with Gasteiger partial charge in [-0.2, -0.15) is 0 Å². The standard InChI is InChI=1S/C10H9ClO4/c11-9-6(2-4-8(12)13)1-3-7-10(9)15-5-14-7/h1,3H,2,4-5H2,(H,12,13). The summed E-state index contributed by atoms with van der Waals surface area (Å²) >= 11 is 6.04. The number of carboxylic acid groups (broad SMARTS) is 1. The molecule has 1 aliphatic rings. The maximum absolute atomic E-state index is 10.4. The Balaban J connectivity index is 2.22. The van der Waals surface area contributed by atoms with Gasteiger partial charge in [0.1, 0.15) is 0 Å². The first kappa shape index (κ1) is 10.1. The van der Waals surface area contributed by atoms with Crippen molar-refractivity contribution in [2.45, 2.75) is 12.8 Å². The van der Waals surface area contributed by atoms with Crippen molar-refractivity contribution in [3.8, 4) is 11.5 Å². The minimum absolute atomic E-state index is 0.0549. The number of rotatable bonds is 3. The Kier molecular flexibility index (Phi) is 2.68. The molecule has 5 heteroatoms. The molecular weight excluding hydrogens is 220 g/mol. The van der Waals surface area contributed by atoms with Gasteiger partial charge < -0.3 is 14.6 Å². The number of hydrogen-bond acceptors (Lipinski definition) is 3. The fourth-order valence-electron chi connectivity index (χ4n) is 1.41. The Morgan fingerprint density at radius 2 is 2.27 bits per heavy atom. The van der Waals surface area contributed by atoms with E-state index in [-0.39, 0.29) is 13.2 Å². The minimum atomic E-state index is -0.844. The zero-order valence-corrected chi connectivity index (χ0v) is 8.58. The van der Waals surface area contributed by atoms with Crippen molar-refractivity contribution in [1.29, 1.82) is 0 Å². The number of hydrogen-bond donors (Lipinski definition) is 1. The molecule has 0 spiro atoms. The highest BCUT2D eigenvalue weighted by molar-refractivity contribution is 6.33. The number of ether oxygens (including phenoxy) is 2. The van der Waals surface area contributed by atoms with E-state index in [9.17, 15) is 4.79 Å². The summed E-state index contributed by atoms with van der Waals surface area (Å²) in [4.78, 5) is 10.4. The highest BCUT2D eigenvalue weighted by atomic mass is 35.5. The van der Waals surface area contributed by atoms with Gasteiger partial charge in [-0.25, -0.2) is 0 Å². The van der Waals surface area contributed by atoms with Gasteiger partial charge >= 0.3 is 5.97 Å². The molecule has 0 radical (unpaired) electrons. The predicted octanol–water partition coefficient (Wildman–Crippen LogP) is 2.09. The number of fused-ring (bicyclic) bond motifs is 1. The second-order valence-corrected chi connectivity index (χ2v) is 3.54. The summed E-state index contributed by atoms with van der Waals surface area (Å²) in [6, 6.07) is 3.50. The number of carbonyl (C=O) groups is 1. The summed E-state index contributed by atoms with van der Waals surface area (Å²) in [5.41, 5.74) is 0.767. The summed E-state index contributed by atoms with van der Waals surface area (Å²) in [5, 5.41) is 9.01. The van der Waals surface area contributed by atoms with Gasteiger partial charge in [-0.05, 0) is 18.1 Å². The highest BCUT2D eigenvalue weighted by Gasteiger charge is 2.19. The van der Waals surface area contributed by atoms with Crippen LogP contribution in [-0.4, -0.2) is 17.9 Å². The monoisotopic (exact) mass is 228 g/mol.